The van der Waals surface area contributed by atoms with E-state index in [2.05, 4.69) is 79.8 Å². The zero-order valence-electron chi connectivity index (χ0n) is 20.6. The van der Waals surface area contributed by atoms with Gasteiger partial charge in [0.1, 0.15) is 11.8 Å². The van der Waals surface area contributed by atoms with Crippen molar-refractivity contribution in [1.82, 2.24) is 15.0 Å². The average molecular weight is 471 g/mol. The molecule has 0 saturated carbocycles. The van der Waals surface area contributed by atoms with Crippen molar-refractivity contribution in [1.29, 1.82) is 5.26 Å². The molecule has 5 nitrogen and oxygen atoms in total. The first kappa shape index (κ1) is 25.4. The maximum absolute atomic E-state index is 8.84. The van der Waals surface area contributed by atoms with E-state index in [-0.39, 0.29) is 6.10 Å². The van der Waals surface area contributed by atoms with Crippen molar-refractivity contribution in [2.45, 2.75) is 70.7 Å². The Bertz CT molecular complexity index is 1120. The van der Waals surface area contributed by atoms with Gasteiger partial charge < -0.3 is 4.43 Å². The number of nitrogens with zero attached hydrogens (tertiary/aromatic N) is 4. The summed E-state index contributed by atoms with van der Waals surface area (Å²) in [6.45, 7) is 9.51. The van der Waals surface area contributed by atoms with E-state index in [4.69, 9.17) is 9.69 Å². The first-order chi connectivity index (χ1) is 16.5. The zero-order chi connectivity index (χ0) is 24.4. The third kappa shape index (κ3) is 6.44. The molecule has 3 aromatic rings. The fourth-order valence-electron chi connectivity index (χ4n) is 4.12. The van der Waals surface area contributed by atoms with Crippen LogP contribution in [0.5, 0.6) is 0 Å². The number of aromatic nitrogens is 3. The highest BCUT2D eigenvalue weighted by Crippen LogP contribution is 2.39. The van der Waals surface area contributed by atoms with Crippen LogP contribution in [0.15, 0.2) is 66.9 Å². The molecule has 34 heavy (non-hydrogen) atoms. The Morgan fingerprint density at radius 1 is 0.941 bits per heavy atom. The van der Waals surface area contributed by atoms with Gasteiger partial charge in [-0.15, -0.1) is 11.0 Å². The lowest BCUT2D eigenvalue weighted by Crippen LogP contribution is -2.45. The molecule has 0 aliphatic rings. The van der Waals surface area contributed by atoms with E-state index >= 15 is 0 Å². The molecule has 1 heterocycles. The molecular weight excluding hydrogens is 436 g/mol. The summed E-state index contributed by atoms with van der Waals surface area (Å²) in [5.41, 5.74) is 7.22. The minimum absolute atomic E-state index is 0.293. The van der Waals surface area contributed by atoms with Crippen molar-refractivity contribution in [3.05, 3.63) is 83.7 Å². The monoisotopic (exact) mass is 470 g/mol. The molecule has 0 spiro atoms. The number of nitriles is 1. The van der Waals surface area contributed by atoms with Crippen LogP contribution in [0.2, 0.25) is 11.1 Å². The Morgan fingerprint density at radius 2 is 1.59 bits per heavy atom. The number of rotatable bonds is 10. The van der Waals surface area contributed by atoms with Crippen molar-refractivity contribution in [2.75, 3.05) is 0 Å². The van der Waals surface area contributed by atoms with Gasteiger partial charge in [-0.05, 0) is 28.6 Å². The Balaban J connectivity index is 1.96. The van der Waals surface area contributed by atoms with Crippen LogP contribution < -0.4 is 0 Å². The third-order valence-electron chi connectivity index (χ3n) is 6.02. The molecule has 2 aromatic carbocycles. The second kappa shape index (κ2) is 12.3. The predicted octanol–water partition coefficient (Wildman–Crippen LogP) is 6.43. The molecule has 3 rings (SSSR count). The van der Waals surface area contributed by atoms with E-state index in [1.165, 1.54) is 5.56 Å². The van der Waals surface area contributed by atoms with Crippen LogP contribution in [-0.4, -0.2) is 23.3 Å². The second-order valence-electron chi connectivity index (χ2n) is 9.15. The molecule has 0 amide bonds. The van der Waals surface area contributed by atoms with Gasteiger partial charge in [0.15, 0.2) is 0 Å². The molecule has 6 heteroatoms. The molecule has 1 aromatic heterocycles. The summed E-state index contributed by atoms with van der Waals surface area (Å²) in [6, 6.07) is 22.7. The van der Waals surface area contributed by atoms with Gasteiger partial charge in [0.25, 0.3) is 8.32 Å². The minimum atomic E-state index is -2.52. The summed E-state index contributed by atoms with van der Waals surface area (Å²) >= 11 is 0. The highest BCUT2D eigenvalue weighted by Gasteiger charge is 2.44. The molecule has 0 saturated heterocycles. The quantitative estimate of drug-likeness (QED) is 0.194. The average Bonchev–Trinajstić information content (AvgIpc) is 3.30. The van der Waals surface area contributed by atoms with Gasteiger partial charge in [-0.1, -0.05) is 99.1 Å². The molecule has 1 atom stereocenters. The number of benzene rings is 2. The number of hydrogen-bond acceptors (Lipinski definition) is 4. The molecule has 176 valence electrons. The van der Waals surface area contributed by atoms with Gasteiger partial charge in [-0.3, -0.25) is 0 Å². The van der Waals surface area contributed by atoms with Gasteiger partial charge in [0, 0.05) is 12.8 Å². The van der Waals surface area contributed by atoms with Crippen LogP contribution in [0.4, 0.5) is 0 Å². The van der Waals surface area contributed by atoms with Crippen LogP contribution in [0.1, 0.15) is 69.9 Å². The van der Waals surface area contributed by atoms with Gasteiger partial charge >= 0.3 is 0 Å². The summed E-state index contributed by atoms with van der Waals surface area (Å²) in [7, 11) is -2.52. The number of hydrogen-bond donors (Lipinski definition) is 0. The summed E-state index contributed by atoms with van der Waals surface area (Å²) in [5, 5.41) is 17.8. The van der Waals surface area contributed by atoms with E-state index in [1.807, 2.05) is 47.3 Å². The fraction of sp³-hybridized carbons (Fsp3) is 0.393. The molecule has 0 radical (unpaired) electrons. The second-order valence-corrected chi connectivity index (χ2v) is 13.5. The Labute approximate surface area is 204 Å². The smallest absolute Gasteiger partial charge is 0.278 e. The van der Waals surface area contributed by atoms with Crippen molar-refractivity contribution in [3.63, 3.8) is 0 Å². The summed E-state index contributed by atoms with van der Waals surface area (Å²) in [4.78, 5) is 0. The van der Waals surface area contributed by atoms with E-state index in [0.29, 0.717) is 30.5 Å². The molecule has 0 bridgehead atoms. The van der Waals surface area contributed by atoms with Crippen molar-refractivity contribution >= 4 is 8.32 Å². The largest absolute Gasteiger partial charge is 0.392 e. The van der Waals surface area contributed by atoms with Gasteiger partial charge in [-0.2, -0.15) is 5.26 Å². The van der Waals surface area contributed by atoms with Crippen LogP contribution >= 0.6 is 0 Å². The lowest BCUT2D eigenvalue weighted by atomic mass is 10.1. The van der Waals surface area contributed by atoms with Crippen LogP contribution in [0.3, 0.4) is 0 Å². The third-order valence-corrected chi connectivity index (χ3v) is 10.6. The van der Waals surface area contributed by atoms with Crippen molar-refractivity contribution < 1.29 is 4.43 Å². The fourth-order valence-corrected chi connectivity index (χ4v) is 7.68. The Kier molecular flexibility index (Phi) is 9.21. The minimum Gasteiger partial charge on any atom is -0.392 e. The normalized spacial score (nSPS) is 12.3. The molecular formula is C28H34N4OSi. The summed E-state index contributed by atoms with van der Waals surface area (Å²) in [6.07, 6.45) is 3.69. The lowest BCUT2D eigenvalue weighted by molar-refractivity contribution is 0.223. The topological polar surface area (TPSA) is 63.7 Å². The predicted molar refractivity (Wildman–Crippen MR) is 138 cm³/mol. The molecule has 0 N–H and O–H groups in total. The highest BCUT2D eigenvalue weighted by atomic mass is 28.4. The maximum Gasteiger partial charge on any atom is 0.278 e. The Hall–Kier alpha value is -3.19. The number of unbranched alkanes of at least 4 members (excludes halogenated alkanes) is 2. The summed E-state index contributed by atoms with van der Waals surface area (Å²) in [5.74, 6) is 3.36. The van der Waals surface area contributed by atoms with Crippen LogP contribution in [0, 0.1) is 22.8 Å². The summed E-state index contributed by atoms with van der Waals surface area (Å²) < 4.78 is 8.95. The Morgan fingerprint density at radius 3 is 2.21 bits per heavy atom. The highest BCUT2D eigenvalue weighted by molar-refractivity contribution is 6.84. The lowest BCUT2D eigenvalue weighted by Gasteiger charge is -2.37. The molecule has 0 aliphatic carbocycles. The van der Waals surface area contributed by atoms with E-state index in [9.17, 15) is 0 Å². The van der Waals surface area contributed by atoms with Gasteiger partial charge in [-0.25, -0.2) is 4.68 Å². The maximum atomic E-state index is 8.84. The van der Waals surface area contributed by atoms with Crippen molar-refractivity contribution in [3.8, 4) is 17.5 Å². The molecule has 0 unspecified atom stereocenters. The first-order valence-electron chi connectivity index (χ1n) is 12.0. The zero-order valence-corrected chi connectivity index (χ0v) is 21.6. The first-order valence-corrected chi connectivity index (χ1v) is 14.1. The van der Waals surface area contributed by atoms with Crippen LogP contribution in [-0.2, 0) is 11.0 Å². The molecule has 0 aliphatic heterocycles. The standard InChI is InChI=1S/C28H34N4OSi/c1-23(2)34(24(3)4,20-14-6-5-13-19-29)33-28(26-17-11-8-12-18-26)27-22-32(31-30-27)21-25-15-9-7-10-16-25/h7-12,15-18,22-24,28H,5-6,13,21H2,1-4H3/t28-/m1/s1. The van der Waals surface area contributed by atoms with Crippen LogP contribution in [0.25, 0.3) is 0 Å². The molecule has 0 fully saturated rings. The SMILES string of the molecule is CC(C)[Si](C#CCCCC#N)(O[C@H](c1ccccc1)c1cn(Cc2ccccc2)nn1)C(C)C. The van der Waals surface area contributed by atoms with E-state index < -0.39 is 8.32 Å². The van der Waals surface area contributed by atoms with E-state index in [1.54, 1.807) is 0 Å². The van der Waals surface area contributed by atoms with Gasteiger partial charge in [0.05, 0.1) is 18.8 Å². The van der Waals surface area contributed by atoms with Crippen molar-refractivity contribution in [2.24, 2.45) is 0 Å². The van der Waals surface area contributed by atoms with E-state index in [0.717, 1.165) is 17.7 Å². The van der Waals surface area contributed by atoms with Gasteiger partial charge in [0.2, 0.25) is 0 Å².